The highest BCUT2D eigenvalue weighted by atomic mass is 16.6. The molecule has 1 unspecified atom stereocenters. The lowest BCUT2D eigenvalue weighted by Gasteiger charge is -2.23. The summed E-state index contributed by atoms with van der Waals surface area (Å²) in [5.41, 5.74) is 0.195. The van der Waals surface area contributed by atoms with E-state index in [4.69, 9.17) is 0 Å². The summed E-state index contributed by atoms with van der Waals surface area (Å²) in [7, 11) is 0. The Balaban J connectivity index is 2.19. The van der Waals surface area contributed by atoms with Crippen LogP contribution in [0.1, 0.15) is 30.6 Å². The Morgan fingerprint density at radius 3 is 2.67 bits per heavy atom. The lowest BCUT2D eigenvalue weighted by atomic mass is 9.98. The molecule has 1 saturated heterocycles. The summed E-state index contributed by atoms with van der Waals surface area (Å²) >= 11 is 0. The fraction of sp³-hybridized carbons (Fsp3) is 0.211. The van der Waals surface area contributed by atoms with Gasteiger partial charge >= 0.3 is 0 Å². The number of aliphatic hydroxyl groups excluding tert-OH is 1. The van der Waals surface area contributed by atoms with Crippen molar-refractivity contribution in [1.82, 2.24) is 9.88 Å². The summed E-state index contributed by atoms with van der Waals surface area (Å²) < 4.78 is 0. The number of pyridine rings is 1. The number of nitro benzene ring substituents is 1. The third-order valence-corrected chi connectivity index (χ3v) is 4.30. The van der Waals surface area contributed by atoms with Crippen molar-refractivity contribution in [2.45, 2.75) is 19.4 Å². The number of amides is 1. The molecule has 0 saturated carbocycles. The number of non-ortho nitro benzene ring substituents is 1. The van der Waals surface area contributed by atoms with E-state index < -0.39 is 28.4 Å². The van der Waals surface area contributed by atoms with E-state index in [0.29, 0.717) is 18.7 Å². The smallest absolute Gasteiger partial charge is 0.295 e. The van der Waals surface area contributed by atoms with Crippen LogP contribution in [0.5, 0.6) is 0 Å². The standard InChI is InChI=1S/C19H17N3O5/c1-2-10-21-16(14-8-3-4-9-20-14)15(18(24)19(21)25)17(23)12-6-5-7-13(11-12)22(26)27/h3-9,11,16,23H,2,10H2,1H3/b17-15-. The molecule has 1 fully saturated rings. The fourth-order valence-electron chi connectivity index (χ4n) is 3.12. The molecule has 27 heavy (non-hydrogen) atoms. The van der Waals surface area contributed by atoms with Gasteiger partial charge in [-0.3, -0.25) is 24.7 Å². The average Bonchev–Trinajstić information content (AvgIpc) is 2.93. The Morgan fingerprint density at radius 2 is 2.04 bits per heavy atom. The second-order valence-electron chi connectivity index (χ2n) is 6.05. The lowest BCUT2D eigenvalue weighted by molar-refractivity contribution is -0.384. The minimum Gasteiger partial charge on any atom is -0.507 e. The van der Waals surface area contributed by atoms with Gasteiger partial charge in [-0.1, -0.05) is 25.1 Å². The van der Waals surface area contributed by atoms with Gasteiger partial charge in [-0.05, 0) is 18.6 Å². The summed E-state index contributed by atoms with van der Waals surface area (Å²) in [6, 6.07) is 9.56. The molecule has 1 aliphatic rings. The van der Waals surface area contributed by atoms with Crippen LogP contribution in [-0.2, 0) is 9.59 Å². The molecule has 3 rings (SSSR count). The van der Waals surface area contributed by atoms with Crippen molar-refractivity contribution in [3.63, 3.8) is 0 Å². The molecule has 1 aliphatic heterocycles. The maximum absolute atomic E-state index is 12.6. The van der Waals surface area contributed by atoms with Crippen molar-refractivity contribution in [1.29, 1.82) is 0 Å². The van der Waals surface area contributed by atoms with Gasteiger partial charge in [-0.2, -0.15) is 0 Å². The van der Waals surface area contributed by atoms with Gasteiger partial charge in [0.15, 0.2) is 0 Å². The van der Waals surface area contributed by atoms with Crippen LogP contribution in [-0.4, -0.2) is 38.1 Å². The zero-order valence-electron chi connectivity index (χ0n) is 14.5. The number of benzene rings is 1. The van der Waals surface area contributed by atoms with Crippen LogP contribution in [0.4, 0.5) is 5.69 Å². The van der Waals surface area contributed by atoms with Crippen molar-refractivity contribution in [3.05, 3.63) is 75.6 Å². The molecular formula is C19H17N3O5. The molecule has 1 atom stereocenters. The monoisotopic (exact) mass is 367 g/mol. The predicted octanol–water partition coefficient (Wildman–Crippen LogP) is 2.82. The molecule has 138 valence electrons. The Labute approximate surface area is 154 Å². The maximum atomic E-state index is 12.6. The van der Waals surface area contributed by atoms with E-state index in [1.165, 1.54) is 29.3 Å². The molecule has 0 spiro atoms. The summed E-state index contributed by atoms with van der Waals surface area (Å²) in [6.45, 7) is 2.19. The Hall–Kier alpha value is -3.55. The van der Waals surface area contributed by atoms with Crippen molar-refractivity contribution in [3.8, 4) is 0 Å². The molecular weight excluding hydrogens is 350 g/mol. The molecule has 0 bridgehead atoms. The van der Waals surface area contributed by atoms with E-state index in [9.17, 15) is 24.8 Å². The number of nitrogens with zero attached hydrogens (tertiary/aromatic N) is 3. The van der Waals surface area contributed by atoms with Crippen LogP contribution in [0.25, 0.3) is 5.76 Å². The molecule has 0 aliphatic carbocycles. The number of likely N-dealkylation sites (tertiary alicyclic amines) is 1. The van der Waals surface area contributed by atoms with Crippen LogP contribution in [0, 0.1) is 10.1 Å². The molecule has 2 aromatic rings. The van der Waals surface area contributed by atoms with Gasteiger partial charge in [0.25, 0.3) is 17.4 Å². The minimum absolute atomic E-state index is 0.0969. The summed E-state index contributed by atoms with van der Waals surface area (Å²) in [6.07, 6.45) is 2.15. The first-order valence-corrected chi connectivity index (χ1v) is 8.39. The van der Waals surface area contributed by atoms with Crippen LogP contribution < -0.4 is 0 Å². The van der Waals surface area contributed by atoms with Gasteiger partial charge in [-0.15, -0.1) is 0 Å². The molecule has 8 heteroatoms. The number of hydrogen-bond acceptors (Lipinski definition) is 6. The highest BCUT2D eigenvalue weighted by Crippen LogP contribution is 2.38. The number of carbonyl (C=O) groups excluding carboxylic acids is 2. The van der Waals surface area contributed by atoms with E-state index in [-0.39, 0.29) is 16.8 Å². The number of rotatable bonds is 5. The molecule has 1 amide bonds. The number of carbonyl (C=O) groups is 2. The van der Waals surface area contributed by atoms with Gasteiger partial charge in [0, 0.05) is 30.4 Å². The third-order valence-electron chi connectivity index (χ3n) is 4.30. The molecule has 1 aromatic carbocycles. The van der Waals surface area contributed by atoms with Crippen molar-refractivity contribution >= 4 is 23.1 Å². The quantitative estimate of drug-likeness (QED) is 0.286. The number of Topliss-reactive ketones (excluding diaryl/α,β-unsaturated/α-hetero) is 1. The number of nitro groups is 1. The van der Waals surface area contributed by atoms with E-state index in [2.05, 4.69) is 4.98 Å². The zero-order valence-corrected chi connectivity index (χ0v) is 14.5. The summed E-state index contributed by atoms with van der Waals surface area (Å²) in [5, 5.41) is 21.8. The molecule has 2 heterocycles. The number of ketones is 1. The molecule has 0 radical (unpaired) electrons. The first-order valence-electron chi connectivity index (χ1n) is 8.39. The van der Waals surface area contributed by atoms with Crippen LogP contribution in [0.3, 0.4) is 0 Å². The van der Waals surface area contributed by atoms with Gasteiger partial charge in [0.05, 0.1) is 16.2 Å². The minimum atomic E-state index is -0.842. The van der Waals surface area contributed by atoms with Crippen LogP contribution >= 0.6 is 0 Å². The second-order valence-corrected chi connectivity index (χ2v) is 6.05. The Kier molecular flexibility index (Phi) is 4.98. The summed E-state index contributed by atoms with van der Waals surface area (Å²) in [4.78, 5) is 41.1. The highest BCUT2D eigenvalue weighted by molar-refractivity contribution is 6.46. The zero-order chi connectivity index (χ0) is 19.6. The largest absolute Gasteiger partial charge is 0.507 e. The van der Waals surface area contributed by atoms with Crippen molar-refractivity contribution in [2.75, 3.05) is 6.54 Å². The molecule has 1 N–H and O–H groups in total. The fourth-order valence-corrected chi connectivity index (χ4v) is 3.12. The Bertz CT molecular complexity index is 939. The third kappa shape index (κ3) is 3.29. The first-order chi connectivity index (χ1) is 13.0. The van der Waals surface area contributed by atoms with E-state index in [1.807, 2.05) is 6.92 Å². The lowest BCUT2D eigenvalue weighted by Crippen LogP contribution is -2.30. The van der Waals surface area contributed by atoms with Gasteiger partial charge < -0.3 is 10.0 Å². The van der Waals surface area contributed by atoms with E-state index in [0.717, 1.165) is 6.07 Å². The molecule has 1 aromatic heterocycles. The Morgan fingerprint density at radius 1 is 1.26 bits per heavy atom. The number of aromatic nitrogens is 1. The van der Waals surface area contributed by atoms with Gasteiger partial charge in [-0.25, -0.2) is 0 Å². The van der Waals surface area contributed by atoms with Crippen molar-refractivity contribution < 1.29 is 19.6 Å². The second kappa shape index (κ2) is 7.36. The van der Waals surface area contributed by atoms with Gasteiger partial charge in [0.2, 0.25) is 0 Å². The van der Waals surface area contributed by atoms with Crippen molar-refractivity contribution in [2.24, 2.45) is 0 Å². The van der Waals surface area contributed by atoms with Gasteiger partial charge in [0.1, 0.15) is 11.8 Å². The predicted molar refractivity (Wildman–Crippen MR) is 96.6 cm³/mol. The number of aliphatic hydroxyl groups is 1. The normalized spacial score (nSPS) is 18.7. The van der Waals surface area contributed by atoms with E-state index in [1.54, 1.807) is 18.2 Å². The summed E-state index contributed by atoms with van der Waals surface area (Å²) in [5.74, 6) is -2.01. The SMILES string of the molecule is CCCN1C(=O)C(=O)/C(=C(\O)c2cccc([N+](=O)[O-])c2)C1c1ccccn1. The van der Waals surface area contributed by atoms with Crippen LogP contribution in [0.2, 0.25) is 0 Å². The number of hydrogen-bond donors (Lipinski definition) is 1. The average molecular weight is 367 g/mol. The maximum Gasteiger partial charge on any atom is 0.295 e. The highest BCUT2D eigenvalue weighted by Gasteiger charge is 2.46. The topological polar surface area (TPSA) is 114 Å². The van der Waals surface area contributed by atoms with E-state index >= 15 is 0 Å². The first kappa shape index (κ1) is 18.2. The van der Waals surface area contributed by atoms with Crippen LogP contribution in [0.15, 0.2) is 54.2 Å². The molecule has 8 nitrogen and oxygen atoms in total.